The number of amides is 2. The van der Waals surface area contributed by atoms with Gasteiger partial charge in [-0.1, -0.05) is 18.2 Å². The molecule has 4 rings (SSSR count). The third kappa shape index (κ3) is 4.35. The van der Waals surface area contributed by atoms with Crippen LogP contribution in [0.15, 0.2) is 47.4 Å². The Labute approximate surface area is 176 Å². The summed E-state index contributed by atoms with van der Waals surface area (Å²) in [6, 6.07) is 9.32. The molecule has 164 valence electrons. The lowest BCUT2D eigenvalue weighted by molar-refractivity contribution is -0.139. The first-order valence-electron chi connectivity index (χ1n) is 10.2. The highest BCUT2D eigenvalue weighted by atomic mass is 19.4. The zero-order valence-electron chi connectivity index (χ0n) is 16.8. The molecule has 31 heavy (non-hydrogen) atoms. The van der Waals surface area contributed by atoms with Gasteiger partial charge in [-0.15, -0.1) is 0 Å². The van der Waals surface area contributed by atoms with Crippen LogP contribution in [0.2, 0.25) is 0 Å². The van der Waals surface area contributed by atoms with Gasteiger partial charge in [0, 0.05) is 43.5 Å². The lowest BCUT2D eigenvalue weighted by Crippen LogP contribution is -2.45. The molecular formula is C22H22F3N3O3. The second-order valence-corrected chi connectivity index (χ2v) is 7.91. The highest BCUT2D eigenvalue weighted by Gasteiger charge is 2.34. The molecule has 0 spiro atoms. The minimum atomic E-state index is -4.59. The zero-order chi connectivity index (χ0) is 22.2. The van der Waals surface area contributed by atoms with Gasteiger partial charge in [0.2, 0.25) is 11.8 Å². The number of pyridine rings is 1. The Balaban J connectivity index is 1.37. The quantitative estimate of drug-likeness (QED) is 0.748. The van der Waals surface area contributed by atoms with Gasteiger partial charge in [0.1, 0.15) is 6.54 Å². The van der Waals surface area contributed by atoms with Gasteiger partial charge >= 0.3 is 6.18 Å². The first-order chi connectivity index (χ1) is 14.7. The van der Waals surface area contributed by atoms with Crippen LogP contribution in [0.3, 0.4) is 0 Å². The van der Waals surface area contributed by atoms with Crippen LogP contribution in [-0.4, -0.2) is 40.9 Å². The Morgan fingerprint density at radius 1 is 1.00 bits per heavy atom. The third-order valence-corrected chi connectivity index (χ3v) is 5.97. The normalized spacial score (nSPS) is 17.0. The van der Waals surface area contributed by atoms with E-state index in [2.05, 4.69) is 0 Å². The molecule has 1 aromatic heterocycles. The Morgan fingerprint density at radius 2 is 1.71 bits per heavy atom. The number of para-hydroxylation sites is 1. The van der Waals surface area contributed by atoms with Gasteiger partial charge in [0.05, 0.1) is 5.56 Å². The van der Waals surface area contributed by atoms with E-state index in [1.807, 2.05) is 24.3 Å². The molecule has 0 atom stereocenters. The number of likely N-dealkylation sites (tertiary alicyclic amines) is 1. The molecule has 0 aliphatic carbocycles. The number of fused-ring (bicyclic) bond motifs is 1. The first-order valence-corrected chi connectivity index (χ1v) is 10.2. The summed E-state index contributed by atoms with van der Waals surface area (Å²) >= 11 is 0. The Bertz CT molecular complexity index is 1060. The molecule has 0 N–H and O–H groups in total. The maximum atomic E-state index is 13.0. The summed E-state index contributed by atoms with van der Waals surface area (Å²) in [7, 11) is 0. The monoisotopic (exact) mass is 433 g/mol. The largest absolute Gasteiger partial charge is 0.417 e. The molecule has 2 amide bonds. The van der Waals surface area contributed by atoms with E-state index in [4.69, 9.17) is 0 Å². The van der Waals surface area contributed by atoms with Crippen molar-refractivity contribution in [2.24, 2.45) is 5.92 Å². The number of rotatable bonds is 3. The van der Waals surface area contributed by atoms with Crippen molar-refractivity contribution in [3.8, 4) is 0 Å². The van der Waals surface area contributed by atoms with E-state index in [9.17, 15) is 27.6 Å². The zero-order valence-corrected chi connectivity index (χ0v) is 16.8. The van der Waals surface area contributed by atoms with Crippen LogP contribution in [0.1, 0.15) is 24.0 Å². The predicted octanol–water partition coefficient (Wildman–Crippen LogP) is 2.70. The number of alkyl halides is 3. The molecule has 1 fully saturated rings. The van der Waals surface area contributed by atoms with Crippen molar-refractivity contribution in [3.63, 3.8) is 0 Å². The maximum absolute atomic E-state index is 13.0. The fourth-order valence-corrected chi connectivity index (χ4v) is 4.23. The van der Waals surface area contributed by atoms with Crippen LogP contribution in [-0.2, 0) is 28.7 Å². The maximum Gasteiger partial charge on any atom is 0.417 e. The average molecular weight is 433 g/mol. The molecule has 2 aromatic rings. The van der Waals surface area contributed by atoms with Gasteiger partial charge in [-0.05, 0) is 37.0 Å². The fourth-order valence-electron chi connectivity index (χ4n) is 4.23. The highest BCUT2D eigenvalue weighted by Crippen LogP contribution is 2.31. The van der Waals surface area contributed by atoms with Gasteiger partial charge in [-0.2, -0.15) is 13.2 Å². The molecule has 0 radical (unpaired) electrons. The highest BCUT2D eigenvalue weighted by molar-refractivity contribution is 5.97. The summed E-state index contributed by atoms with van der Waals surface area (Å²) < 4.78 is 39.4. The van der Waals surface area contributed by atoms with Crippen molar-refractivity contribution in [2.75, 3.05) is 24.5 Å². The number of aromatic nitrogens is 1. The molecule has 1 aromatic carbocycles. The van der Waals surface area contributed by atoms with Crippen molar-refractivity contribution in [3.05, 3.63) is 64.1 Å². The van der Waals surface area contributed by atoms with Crippen molar-refractivity contribution in [2.45, 2.75) is 32.0 Å². The summed E-state index contributed by atoms with van der Waals surface area (Å²) in [5, 5.41) is 0. The second-order valence-electron chi connectivity index (χ2n) is 7.91. The summed E-state index contributed by atoms with van der Waals surface area (Å²) in [4.78, 5) is 40.7. The van der Waals surface area contributed by atoms with E-state index >= 15 is 0 Å². The number of nitrogens with zero attached hydrogens (tertiary/aromatic N) is 3. The molecule has 1 saturated heterocycles. The van der Waals surface area contributed by atoms with E-state index < -0.39 is 29.8 Å². The topological polar surface area (TPSA) is 62.6 Å². The summed E-state index contributed by atoms with van der Waals surface area (Å²) in [6.07, 6.45) is -2.13. The van der Waals surface area contributed by atoms with Crippen molar-refractivity contribution >= 4 is 17.5 Å². The molecule has 0 unspecified atom stereocenters. The van der Waals surface area contributed by atoms with Crippen molar-refractivity contribution in [1.29, 1.82) is 0 Å². The van der Waals surface area contributed by atoms with Crippen molar-refractivity contribution < 1.29 is 22.8 Å². The standard InChI is InChI=1S/C22H22F3N3O3/c23-22(24,25)17-5-6-19(29)27(13-17)14-20(30)26-10-7-16(8-11-26)21(31)28-12-9-15-3-1-2-4-18(15)28/h1-6,13,16H,7-12,14H2. The van der Waals surface area contributed by atoms with E-state index in [0.29, 0.717) is 44.7 Å². The Hall–Kier alpha value is -3.10. The second kappa shape index (κ2) is 8.20. The Morgan fingerprint density at radius 3 is 2.42 bits per heavy atom. The van der Waals surface area contributed by atoms with Gasteiger partial charge in [-0.3, -0.25) is 14.4 Å². The number of anilines is 1. The molecule has 0 saturated carbocycles. The van der Waals surface area contributed by atoms with Gasteiger partial charge in [0.25, 0.3) is 5.56 Å². The summed E-state index contributed by atoms with van der Waals surface area (Å²) in [5.41, 5.74) is 0.444. The number of hydrogen-bond donors (Lipinski definition) is 0. The number of hydrogen-bond acceptors (Lipinski definition) is 3. The van der Waals surface area contributed by atoms with Crippen LogP contribution in [0.25, 0.3) is 0 Å². The fraction of sp³-hybridized carbons (Fsp3) is 0.409. The van der Waals surface area contributed by atoms with Crippen LogP contribution in [0.5, 0.6) is 0 Å². The van der Waals surface area contributed by atoms with Crippen LogP contribution >= 0.6 is 0 Å². The Kier molecular flexibility index (Phi) is 5.60. The lowest BCUT2D eigenvalue weighted by Gasteiger charge is -2.33. The minimum Gasteiger partial charge on any atom is -0.341 e. The molecule has 6 nitrogen and oxygen atoms in total. The van der Waals surface area contributed by atoms with Gasteiger partial charge in [0.15, 0.2) is 0 Å². The van der Waals surface area contributed by atoms with E-state index in [1.54, 1.807) is 4.90 Å². The number of piperidine rings is 1. The smallest absolute Gasteiger partial charge is 0.341 e. The molecule has 9 heteroatoms. The minimum absolute atomic E-state index is 0.0474. The molecule has 2 aliphatic rings. The average Bonchev–Trinajstić information content (AvgIpc) is 3.18. The van der Waals surface area contributed by atoms with E-state index in [1.165, 1.54) is 4.90 Å². The van der Waals surface area contributed by atoms with E-state index in [0.717, 1.165) is 28.3 Å². The van der Waals surface area contributed by atoms with Gasteiger partial charge in [-0.25, -0.2) is 0 Å². The van der Waals surface area contributed by atoms with Crippen LogP contribution in [0.4, 0.5) is 18.9 Å². The molecule has 3 heterocycles. The first kappa shape index (κ1) is 21.1. The number of carbonyl (C=O) groups excluding carboxylic acids is 2. The van der Waals surface area contributed by atoms with Gasteiger partial charge < -0.3 is 14.4 Å². The predicted molar refractivity (Wildman–Crippen MR) is 108 cm³/mol. The lowest BCUT2D eigenvalue weighted by atomic mass is 9.95. The van der Waals surface area contributed by atoms with Crippen molar-refractivity contribution in [1.82, 2.24) is 9.47 Å². The molecule has 2 aliphatic heterocycles. The van der Waals surface area contributed by atoms with Crippen LogP contribution < -0.4 is 10.5 Å². The third-order valence-electron chi connectivity index (χ3n) is 5.97. The number of halogens is 3. The molecular weight excluding hydrogens is 411 g/mol. The number of carbonyl (C=O) groups is 2. The SMILES string of the molecule is O=C(Cn1cc(C(F)(F)F)ccc1=O)N1CCC(C(=O)N2CCc3ccccc32)CC1. The summed E-state index contributed by atoms with van der Waals surface area (Å²) in [5.74, 6) is -0.587. The summed E-state index contributed by atoms with van der Waals surface area (Å²) in [6.45, 7) is 0.855. The number of benzene rings is 1. The van der Waals surface area contributed by atoms with E-state index in [-0.39, 0.29) is 11.8 Å². The molecule has 0 bridgehead atoms. The van der Waals surface area contributed by atoms with Crippen LogP contribution in [0, 0.1) is 5.92 Å².